The van der Waals surface area contributed by atoms with Crippen LogP contribution in [-0.2, 0) is 67.4 Å². The van der Waals surface area contributed by atoms with E-state index < -0.39 is 12.6 Å². The second kappa shape index (κ2) is 22.1. The largest absolute Gasteiger partial charge is 2.00 e. The minimum atomic E-state index is -0.584. The van der Waals surface area contributed by atoms with E-state index in [0.717, 1.165) is 24.7 Å². The van der Waals surface area contributed by atoms with Crippen molar-refractivity contribution in [3.05, 3.63) is 126 Å². The molecule has 20 radical (unpaired) electrons. The summed E-state index contributed by atoms with van der Waals surface area (Å²) in [5.74, 6) is 2.49. The van der Waals surface area contributed by atoms with Gasteiger partial charge in [0.2, 0.25) is 0 Å². The van der Waals surface area contributed by atoms with Crippen LogP contribution < -0.4 is 0 Å². The Morgan fingerprint density at radius 3 is 1.31 bits per heavy atom. The molecule has 0 aromatic carbocycles. The Morgan fingerprint density at radius 2 is 0.976 bits per heavy atom. The van der Waals surface area contributed by atoms with Crippen LogP contribution in [0.1, 0.15) is 12.8 Å². The van der Waals surface area contributed by atoms with E-state index in [-0.39, 0.29) is 52.1 Å². The molecule has 9 heteroatoms. The van der Waals surface area contributed by atoms with E-state index in [9.17, 15) is 4.79 Å². The van der Waals surface area contributed by atoms with Crippen LogP contribution in [0.25, 0.3) is 0 Å². The summed E-state index contributed by atoms with van der Waals surface area (Å²) in [5, 5.41) is 0. The number of ketones is 1. The first kappa shape index (κ1) is 38.7. The smallest absolute Gasteiger partial charge is 0.382 e. The maximum atomic E-state index is 13.4. The molecule has 42 heavy (non-hydrogen) atoms. The van der Waals surface area contributed by atoms with Gasteiger partial charge in [-0.05, 0) is 116 Å². The van der Waals surface area contributed by atoms with Crippen molar-refractivity contribution in [1.29, 1.82) is 0 Å². The van der Waals surface area contributed by atoms with Crippen molar-refractivity contribution in [2.24, 2.45) is 0 Å². The Balaban J connectivity index is 0.000000433. The number of Topliss-reactive ketones (excluding diaryl/α,β-unsaturated/α-hetero) is 1. The molecule has 0 N–H and O–H groups in total. The Morgan fingerprint density at radius 1 is 0.619 bits per heavy atom. The Labute approximate surface area is 276 Å². The van der Waals surface area contributed by atoms with Gasteiger partial charge in [-0.15, -0.1) is 0 Å². The summed E-state index contributed by atoms with van der Waals surface area (Å²) >= 11 is 0. The van der Waals surface area contributed by atoms with Crippen molar-refractivity contribution in [3.8, 4) is 0 Å². The maximum absolute atomic E-state index is 13.4. The number of ether oxygens (including phenoxy) is 6. The van der Waals surface area contributed by atoms with Crippen molar-refractivity contribution in [3.63, 3.8) is 0 Å². The van der Waals surface area contributed by atoms with Gasteiger partial charge in [-0.25, -0.2) is 0 Å². The predicted molar refractivity (Wildman–Crippen MR) is 149 cm³/mol. The standard InChI is InChI=1S/C23H28O7.2C5H5.2Fe/c1-25-13-15-9-11-27-22(29-15)19-7-3-5-17(19)21(24)18-6-4-8-20(18)23-28-12-10-16(30-23)14-26-2;2*1-2-4-5-3-1;;/h3-8,15-16,22-23H,9-14H2,1-2H3;2*1-5H;;/q;;;2*+2/t15-,16-,22-,23-;;;;/m0..../s1. The average molecular weight is 658 g/mol. The average Bonchev–Trinajstić information content (AvgIpc) is 3.81. The summed E-state index contributed by atoms with van der Waals surface area (Å²) in [5.41, 5.74) is 0. The Kier molecular flexibility index (Phi) is 20.3. The van der Waals surface area contributed by atoms with Crippen LogP contribution in [0.15, 0.2) is 0 Å². The Bertz CT molecular complexity index is 631. The number of carbonyl (C=O) groups excluding carboxylic acids is 1. The number of methoxy groups -OCH3 is 2. The van der Waals surface area contributed by atoms with Crippen LogP contribution >= 0.6 is 0 Å². The summed E-state index contributed by atoms with van der Waals surface area (Å²) in [7, 11) is 3.30. The molecule has 0 unspecified atom stereocenters. The van der Waals surface area contributed by atoms with Gasteiger partial charge < -0.3 is 28.4 Å². The van der Waals surface area contributed by atoms with E-state index in [1.54, 1.807) is 27.1 Å². The quantitative estimate of drug-likeness (QED) is 0.369. The van der Waals surface area contributed by atoms with Crippen LogP contribution in [0.2, 0.25) is 0 Å². The van der Waals surface area contributed by atoms with Crippen LogP contribution in [0.5, 0.6) is 0 Å². The number of rotatable bonds is 8. The van der Waals surface area contributed by atoms with Crippen molar-refractivity contribution >= 4 is 5.78 Å². The first-order valence-electron chi connectivity index (χ1n) is 13.6. The third kappa shape index (κ3) is 12.0. The molecule has 6 fully saturated rings. The minimum absolute atomic E-state index is 0. The van der Waals surface area contributed by atoms with Gasteiger partial charge >= 0.3 is 34.1 Å². The summed E-state index contributed by atoms with van der Waals surface area (Å²) in [6, 6.07) is 0. The molecule has 2 aliphatic heterocycles. The van der Waals surface area contributed by atoms with Gasteiger partial charge in [0.25, 0.3) is 0 Å². The third-order valence-electron chi connectivity index (χ3n) is 6.56. The van der Waals surface area contributed by atoms with E-state index in [1.165, 1.54) is 0 Å². The van der Waals surface area contributed by atoms with Gasteiger partial charge in [0.1, 0.15) is 5.78 Å². The summed E-state index contributed by atoms with van der Waals surface area (Å²) in [4.78, 5) is 13.4. The molecule has 7 nitrogen and oxygen atoms in total. The molecular weight excluding hydrogens is 620 g/mol. The van der Waals surface area contributed by atoms with Gasteiger partial charge in [0, 0.05) is 14.2 Å². The predicted octanol–water partition coefficient (Wildman–Crippen LogP) is 3.70. The van der Waals surface area contributed by atoms with E-state index in [2.05, 4.69) is 0 Å². The van der Waals surface area contributed by atoms with Gasteiger partial charge in [-0.2, -0.15) is 0 Å². The van der Waals surface area contributed by atoms with Crippen molar-refractivity contribution in [2.45, 2.75) is 37.6 Å². The first-order valence-corrected chi connectivity index (χ1v) is 13.6. The molecule has 0 amide bonds. The fraction of sp³-hybridized carbons (Fsp3) is 0.364. The van der Waals surface area contributed by atoms with Crippen LogP contribution in [0.3, 0.4) is 0 Å². The molecule has 2 heterocycles. The monoisotopic (exact) mass is 658 g/mol. The minimum Gasteiger partial charge on any atom is -0.382 e. The summed E-state index contributed by atoms with van der Waals surface area (Å²) < 4.78 is 34.0. The second-order valence-corrected chi connectivity index (χ2v) is 9.45. The van der Waals surface area contributed by atoms with Crippen LogP contribution in [-0.4, -0.2) is 71.2 Å². The molecule has 4 saturated carbocycles. The first-order chi connectivity index (χ1) is 19.7. The maximum Gasteiger partial charge on any atom is 2.00 e. The van der Waals surface area contributed by atoms with Gasteiger partial charge in [0.05, 0.1) is 62.3 Å². The zero-order chi connectivity index (χ0) is 28.0. The molecule has 4 atom stereocenters. The SMILES string of the molecule is COC[C@@H]1CCO[C@H]([C]2[CH][CH][CH][C]2C(=O)[C]2[CH][CH][CH][C]2[C@H]2OCC[C@@H](COC)O2)O1.[CH]1[CH][CH][CH][CH]1.[CH]1[CH][CH][CH][CH]1.[Fe+2].[Fe+2]. The van der Waals surface area contributed by atoms with Crippen molar-refractivity contribution < 1.29 is 67.4 Å². The normalized spacial score (nSPS) is 30.9. The molecule has 0 bridgehead atoms. The molecule has 224 valence electrons. The van der Waals surface area contributed by atoms with Gasteiger partial charge in [-0.3, -0.25) is 4.79 Å². The number of carbonyl (C=O) groups is 1. The zero-order valence-corrected chi connectivity index (χ0v) is 26.1. The molecule has 6 rings (SSSR count). The molecule has 0 aromatic heterocycles. The molecule has 4 aliphatic carbocycles. The Hall–Kier alpha value is 0.469. The molecule has 0 aromatic rings. The van der Waals surface area contributed by atoms with Gasteiger partial charge in [-0.1, -0.05) is 0 Å². The summed E-state index contributed by atoms with van der Waals surface area (Å²) in [6.45, 7) is 2.11. The van der Waals surface area contributed by atoms with Gasteiger partial charge in [0.15, 0.2) is 12.6 Å². The second-order valence-electron chi connectivity index (χ2n) is 9.45. The van der Waals surface area contributed by atoms with E-state index in [4.69, 9.17) is 28.4 Å². The number of hydrogen-bond acceptors (Lipinski definition) is 7. The number of hydrogen-bond donors (Lipinski definition) is 0. The molecule has 6 aliphatic rings. The third-order valence-corrected chi connectivity index (χ3v) is 6.56. The van der Waals surface area contributed by atoms with E-state index in [1.807, 2.05) is 89.9 Å². The fourth-order valence-corrected chi connectivity index (χ4v) is 4.60. The zero-order valence-electron chi connectivity index (χ0n) is 23.9. The topological polar surface area (TPSA) is 72.5 Å². The van der Waals surface area contributed by atoms with Crippen LogP contribution in [0.4, 0.5) is 0 Å². The van der Waals surface area contributed by atoms with Crippen molar-refractivity contribution in [2.75, 3.05) is 40.6 Å². The van der Waals surface area contributed by atoms with Crippen molar-refractivity contribution in [1.82, 2.24) is 0 Å². The molecule has 2 saturated heterocycles. The van der Waals surface area contributed by atoms with Crippen LogP contribution in [0, 0.1) is 126 Å². The fourth-order valence-electron chi connectivity index (χ4n) is 4.60. The summed E-state index contributed by atoms with van der Waals surface area (Å²) in [6.07, 6.45) is 31.3. The molecule has 0 spiro atoms. The van der Waals surface area contributed by atoms with E-state index in [0.29, 0.717) is 38.3 Å². The van der Waals surface area contributed by atoms with E-state index >= 15 is 0 Å². The molecular formula is C33H38Fe2O7+4.